The van der Waals surface area contributed by atoms with E-state index in [-0.39, 0.29) is 12.2 Å². The summed E-state index contributed by atoms with van der Waals surface area (Å²) in [4.78, 5) is 14.3. The predicted molar refractivity (Wildman–Crippen MR) is 113 cm³/mol. The number of ether oxygens (including phenoxy) is 3. The highest BCUT2D eigenvalue weighted by atomic mass is 17.3. The predicted octanol–water partition coefficient (Wildman–Crippen LogP) is 3.14. The Morgan fingerprint density at radius 3 is 2.63 bits per heavy atom. The van der Waals surface area contributed by atoms with E-state index in [0.29, 0.717) is 24.4 Å². The van der Waals surface area contributed by atoms with Crippen LogP contribution in [0.2, 0.25) is 0 Å². The highest BCUT2D eigenvalue weighted by molar-refractivity contribution is 5.09. The van der Waals surface area contributed by atoms with Crippen LogP contribution in [0, 0.1) is 23.7 Å². The standard InChI is InChI=1S/C23H42N2O5/c1-16-8-9-19-17(2)20(26-15-7-13-24-12-6-14-25(4)5)27-21-23(19)18(16)10-11-22(3,28-21)29-30-23/h16-21,24H,6-15H2,1-5H3/t16-,17-,18?,19?,20+,21-,22-,23-/m1/s1. The van der Waals surface area contributed by atoms with Gasteiger partial charge in [-0.25, -0.2) is 9.78 Å². The van der Waals surface area contributed by atoms with E-state index >= 15 is 0 Å². The second-order valence-electron chi connectivity index (χ2n) is 10.4. The van der Waals surface area contributed by atoms with E-state index in [1.807, 2.05) is 6.92 Å². The quantitative estimate of drug-likeness (QED) is 0.449. The summed E-state index contributed by atoms with van der Waals surface area (Å²) in [5.41, 5.74) is -0.499. The second kappa shape index (κ2) is 9.30. The molecule has 1 N–H and O–H groups in total. The molecule has 1 spiro atoms. The molecule has 4 aliphatic heterocycles. The highest BCUT2D eigenvalue weighted by Gasteiger charge is 2.69. The van der Waals surface area contributed by atoms with Crippen LogP contribution in [0.15, 0.2) is 0 Å². The van der Waals surface area contributed by atoms with Crippen LogP contribution >= 0.6 is 0 Å². The Labute approximate surface area is 182 Å². The smallest absolute Gasteiger partial charge is 0.201 e. The van der Waals surface area contributed by atoms with E-state index in [0.717, 1.165) is 45.3 Å². The topological polar surface area (TPSA) is 61.4 Å². The average Bonchev–Trinajstić information content (AvgIpc) is 2.93. The molecule has 30 heavy (non-hydrogen) atoms. The molecule has 7 heteroatoms. The molecule has 1 aliphatic carbocycles. The molecule has 0 aromatic rings. The summed E-state index contributed by atoms with van der Waals surface area (Å²) >= 11 is 0. The van der Waals surface area contributed by atoms with E-state index in [1.165, 1.54) is 12.8 Å². The van der Waals surface area contributed by atoms with Crippen LogP contribution in [0.25, 0.3) is 0 Å². The molecule has 1 saturated carbocycles. The van der Waals surface area contributed by atoms with Gasteiger partial charge in [0.25, 0.3) is 0 Å². The zero-order valence-electron chi connectivity index (χ0n) is 19.5. The largest absolute Gasteiger partial charge is 0.352 e. The van der Waals surface area contributed by atoms with Crippen molar-refractivity contribution in [2.75, 3.05) is 40.3 Å². The molecule has 0 aromatic carbocycles. The molecule has 2 bridgehead atoms. The Morgan fingerprint density at radius 1 is 1.03 bits per heavy atom. The fraction of sp³-hybridized carbons (Fsp3) is 1.00. The van der Waals surface area contributed by atoms with Crippen LogP contribution in [-0.4, -0.2) is 69.2 Å². The summed E-state index contributed by atoms with van der Waals surface area (Å²) in [6.07, 6.45) is 5.71. The molecule has 5 aliphatic rings. The third kappa shape index (κ3) is 4.32. The lowest BCUT2D eigenvalue weighted by molar-refractivity contribution is -0.577. The maximum atomic E-state index is 6.45. The highest BCUT2D eigenvalue weighted by Crippen LogP contribution is 2.60. The summed E-state index contributed by atoms with van der Waals surface area (Å²) in [6.45, 7) is 10.4. The molecule has 5 rings (SSSR count). The molecule has 4 heterocycles. The Kier molecular flexibility index (Phi) is 7.10. The molecule has 5 fully saturated rings. The molecular formula is C23H42N2O5. The molecule has 174 valence electrons. The van der Waals surface area contributed by atoms with Gasteiger partial charge in [0.05, 0.1) is 6.61 Å². The van der Waals surface area contributed by atoms with E-state index in [1.54, 1.807) is 0 Å². The molecular weight excluding hydrogens is 384 g/mol. The van der Waals surface area contributed by atoms with E-state index in [4.69, 9.17) is 24.0 Å². The van der Waals surface area contributed by atoms with Crippen molar-refractivity contribution in [3.05, 3.63) is 0 Å². The Balaban J connectivity index is 1.33. The van der Waals surface area contributed by atoms with Crippen LogP contribution in [0.1, 0.15) is 59.3 Å². The van der Waals surface area contributed by atoms with Crippen molar-refractivity contribution in [2.24, 2.45) is 23.7 Å². The third-order valence-corrected chi connectivity index (χ3v) is 7.84. The van der Waals surface area contributed by atoms with Gasteiger partial charge in [0, 0.05) is 18.3 Å². The fourth-order valence-corrected chi connectivity index (χ4v) is 6.10. The molecule has 4 saturated heterocycles. The monoisotopic (exact) mass is 426 g/mol. The maximum Gasteiger partial charge on any atom is 0.201 e. The van der Waals surface area contributed by atoms with Crippen LogP contribution < -0.4 is 5.32 Å². The van der Waals surface area contributed by atoms with Gasteiger partial charge in [-0.05, 0) is 84.6 Å². The number of nitrogens with zero attached hydrogens (tertiary/aromatic N) is 1. The van der Waals surface area contributed by atoms with E-state index in [9.17, 15) is 0 Å². The number of fused-ring (bicyclic) bond motifs is 2. The van der Waals surface area contributed by atoms with Crippen molar-refractivity contribution in [1.82, 2.24) is 10.2 Å². The van der Waals surface area contributed by atoms with Gasteiger partial charge in [0.1, 0.15) is 0 Å². The maximum absolute atomic E-state index is 6.45. The first-order chi connectivity index (χ1) is 14.4. The number of nitrogens with one attached hydrogen (secondary N) is 1. The van der Waals surface area contributed by atoms with Crippen molar-refractivity contribution in [2.45, 2.75) is 83.3 Å². The molecule has 7 nitrogen and oxygen atoms in total. The van der Waals surface area contributed by atoms with Crippen molar-refractivity contribution in [3.63, 3.8) is 0 Å². The minimum Gasteiger partial charge on any atom is -0.352 e. The molecule has 2 unspecified atom stereocenters. The lowest BCUT2D eigenvalue weighted by Crippen LogP contribution is -2.70. The van der Waals surface area contributed by atoms with Gasteiger partial charge in [0.15, 0.2) is 18.2 Å². The Morgan fingerprint density at radius 2 is 1.83 bits per heavy atom. The molecule has 8 atom stereocenters. The fourth-order valence-electron chi connectivity index (χ4n) is 6.10. The first-order valence-electron chi connectivity index (χ1n) is 12.0. The molecule has 0 amide bonds. The van der Waals surface area contributed by atoms with Crippen molar-refractivity contribution < 1.29 is 24.0 Å². The van der Waals surface area contributed by atoms with Gasteiger partial charge in [-0.1, -0.05) is 13.8 Å². The second-order valence-corrected chi connectivity index (χ2v) is 10.4. The number of hydrogen-bond acceptors (Lipinski definition) is 7. The summed E-state index contributed by atoms with van der Waals surface area (Å²) in [6, 6.07) is 0. The van der Waals surface area contributed by atoms with E-state index in [2.05, 4.69) is 38.2 Å². The van der Waals surface area contributed by atoms with Crippen LogP contribution in [0.5, 0.6) is 0 Å². The molecule has 0 radical (unpaired) electrons. The minimum atomic E-state index is -0.723. The Hall–Kier alpha value is -0.280. The zero-order valence-corrected chi connectivity index (χ0v) is 19.5. The Bertz CT molecular complexity index is 578. The summed E-state index contributed by atoms with van der Waals surface area (Å²) in [5.74, 6) is 0.843. The SMILES string of the molecule is C[C@@H]1CCC2[C@@H](C)[C@@H](OCCCNCCCN(C)C)O[C@@H]3O[C@@]4(C)CCC1[C@@]23OO4. The summed E-state index contributed by atoms with van der Waals surface area (Å²) in [7, 11) is 4.22. The minimum absolute atomic E-state index is 0.249. The van der Waals surface area contributed by atoms with E-state index < -0.39 is 17.7 Å². The van der Waals surface area contributed by atoms with Gasteiger partial charge < -0.3 is 24.4 Å². The van der Waals surface area contributed by atoms with Crippen LogP contribution in [0.4, 0.5) is 0 Å². The van der Waals surface area contributed by atoms with Gasteiger partial charge >= 0.3 is 0 Å². The lowest BCUT2D eigenvalue weighted by Gasteiger charge is -2.60. The number of rotatable bonds is 9. The van der Waals surface area contributed by atoms with Gasteiger partial charge in [-0.15, -0.1) is 0 Å². The zero-order chi connectivity index (χ0) is 21.4. The third-order valence-electron chi connectivity index (χ3n) is 7.84. The summed E-state index contributed by atoms with van der Waals surface area (Å²) in [5, 5.41) is 3.50. The lowest BCUT2D eigenvalue weighted by atomic mass is 9.58. The van der Waals surface area contributed by atoms with Crippen LogP contribution in [0.3, 0.4) is 0 Å². The van der Waals surface area contributed by atoms with Gasteiger partial charge in [-0.2, -0.15) is 0 Å². The van der Waals surface area contributed by atoms with Crippen LogP contribution in [-0.2, 0) is 24.0 Å². The number of hydrogen-bond donors (Lipinski definition) is 1. The summed E-state index contributed by atoms with van der Waals surface area (Å²) < 4.78 is 19.1. The average molecular weight is 427 g/mol. The van der Waals surface area contributed by atoms with Crippen molar-refractivity contribution in [3.8, 4) is 0 Å². The van der Waals surface area contributed by atoms with Crippen molar-refractivity contribution in [1.29, 1.82) is 0 Å². The first kappa shape index (κ1) is 22.9. The first-order valence-corrected chi connectivity index (χ1v) is 12.0. The van der Waals surface area contributed by atoms with Gasteiger partial charge in [-0.3, -0.25) is 0 Å². The van der Waals surface area contributed by atoms with Crippen molar-refractivity contribution >= 4 is 0 Å². The molecule has 0 aromatic heterocycles. The normalized spacial score (nSPS) is 45.4. The van der Waals surface area contributed by atoms with Gasteiger partial charge in [0.2, 0.25) is 5.79 Å².